The van der Waals surface area contributed by atoms with Gasteiger partial charge in [0, 0.05) is 0 Å². The van der Waals surface area contributed by atoms with Crippen LogP contribution in [0.3, 0.4) is 0 Å². The van der Waals surface area contributed by atoms with Gasteiger partial charge in [0.05, 0.1) is 0 Å². The maximum Gasteiger partial charge on any atom is 1.00 e. The third-order valence-electron chi connectivity index (χ3n) is 0. The van der Waals surface area contributed by atoms with Crippen molar-refractivity contribution in [3.63, 3.8) is 0 Å². The van der Waals surface area contributed by atoms with Crippen LogP contribution in [-0.2, 0) is 10.4 Å². The van der Waals surface area contributed by atoms with Crippen LogP contribution in [0, 0.1) is 0 Å². The maximum atomic E-state index is 10.4. The van der Waals surface area contributed by atoms with Gasteiger partial charge in [0.2, 0.25) is 0 Å². The van der Waals surface area contributed by atoms with Crippen molar-refractivity contribution in [2.75, 3.05) is 0 Å². The van der Waals surface area contributed by atoms with Gasteiger partial charge in [-0.2, -0.15) is 8.42 Å². The van der Waals surface area contributed by atoms with Crippen LogP contribution in [0.2, 0.25) is 0 Å². The zero-order chi connectivity index (χ0) is 4.50. The molecule has 0 aliphatic heterocycles. The van der Waals surface area contributed by atoms with Gasteiger partial charge in [0.15, 0.2) is 0 Å². The number of nitrogens with two attached hydrogens (primary N) is 1. The molecule has 0 radical (unpaired) electrons. The normalized spacial score (nSPS) is 9.67. The molecule has 0 aliphatic rings. The van der Waals surface area contributed by atoms with Gasteiger partial charge in [-0.15, -0.1) is 0 Å². The summed E-state index contributed by atoms with van der Waals surface area (Å²) >= 11 is 0. The van der Waals surface area contributed by atoms with Gasteiger partial charge in [0.1, 0.15) is 0 Å². The Morgan fingerprint density at radius 3 is 1.67 bits per heavy atom. The molecule has 0 amide bonds. The van der Waals surface area contributed by atoms with Crippen molar-refractivity contribution in [2.45, 2.75) is 0 Å². The molecule has 0 aromatic carbocycles. The summed E-state index contributed by atoms with van der Waals surface area (Å²) in [5, 5.41) is 3.66. The number of hydrogen-bond donors (Lipinski definition) is 1. The third-order valence-corrected chi connectivity index (χ3v) is 0. The number of hydrogen-bond acceptors (Lipinski definition) is 2. The van der Waals surface area contributed by atoms with Crippen molar-refractivity contribution in [3.05, 3.63) is 0 Å². The van der Waals surface area contributed by atoms with Crippen molar-refractivity contribution in [3.8, 4) is 0 Å². The molecule has 6 heteroatoms. The van der Waals surface area contributed by atoms with Crippen LogP contribution in [0.15, 0.2) is 0 Å². The standard InChI is InChI=1S/FH2NO2S.Li.H/c1-5(2,3)4;;/h(H2,2,3,4);;/q;+1;-1. The molecular formula is H3FLiNO2S. The molecular weight excluding hydrogens is 104 g/mol. The predicted octanol–water partition coefficient (Wildman–Crippen LogP) is -3.72. The van der Waals surface area contributed by atoms with Gasteiger partial charge in [-0.3, -0.25) is 0 Å². The van der Waals surface area contributed by atoms with E-state index in [1.54, 1.807) is 0 Å². The SMILES string of the molecule is NS(=O)(=O)F.[H-].[Li+]. The molecule has 0 saturated heterocycles. The molecule has 0 rings (SSSR count). The molecule has 3 nitrogen and oxygen atoms in total. The molecule has 2 N–H and O–H groups in total. The van der Waals surface area contributed by atoms with Crippen molar-refractivity contribution in [1.29, 1.82) is 0 Å². The molecule has 0 fully saturated rings. The largest absolute Gasteiger partial charge is 1.00 e. The first kappa shape index (κ1) is 9.67. The average molecular weight is 107 g/mol. The second kappa shape index (κ2) is 2.58. The second-order valence-corrected chi connectivity index (χ2v) is 1.43. The smallest absolute Gasteiger partial charge is 1.00 e. The van der Waals surface area contributed by atoms with E-state index in [1.807, 2.05) is 0 Å². The summed E-state index contributed by atoms with van der Waals surface area (Å²) < 4.78 is 27.9. The monoisotopic (exact) mass is 107 g/mol. The van der Waals surface area contributed by atoms with E-state index in [4.69, 9.17) is 8.42 Å². The minimum Gasteiger partial charge on any atom is -1.00 e. The van der Waals surface area contributed by atoms with Gasteiger partial charge < -0.3 is 1.43 Å². The first-order valence-electron chi connectivity index (χ1n) is 0.723. The summed E-state index contributed by atoms with van der Waals surface area (Å²) in [5.74, 6) is 0. The fourth-order valence-corrected chi connectivity index (χ4v) is 0. The Balaban J connectivity index is -0.0000000800. The molecule has 34 valence electrons. The summed E-state index contributed by atoms with van der Waals surface area (Å²) in [6.45, 7) is 0. The number of rotatable bonds is 0. The third kappa shape index (κ3) is 274. The van der Waals surface area contributed by atoms with Crippen LogP contribution < -0.4 is 24.0 Å². The Hall–Kier alpha value is 0.437. The van der Waals surface area contributed by atoms with Crippen molar-refractivity contribution in [2.24, 2.45) is 5.14 Å². The molecule has 0 bridgehead atoms. The van der Waals surface area contributed by atoms with E-state index >= 15 is 0 Å². The van der Waals surface area contributed by atoms with E-state index < -0.39 is 10.4 Å². The molecule has 0 unspecified atom stereocenters. The van der Waals surface area contributed by atoms with E-state index in [2.05, 4.69) is 5.14 Å². The molecule has 6 heavy (non-hydrogen) atoms. The minimum absolute atomic E-state index is 0. The molecule has 0 aliphatic carbocycles. The fourth-order valence-electron chi connectivity index (χ4n) is 0. The molecule has 0 heterocycles. The van der Waals surface area contributed by atoms with Gasteiger partial charge in [-0.05, 0) is 0 Å². The van der Waals surface area contributed by atoms with E-state index in [-0.39, 0.29) is 20.3 Å². The summed E-state index contributed by atoms with van der Waals surface area (Å²) in [4.78, 5) is 0. The Morgan fingerprint density at radius 1 is 1.67 bits per heavy atom. The van der Waals surface area contributed by atoms with Crippen LogP contribution in [0.1, 0.15) is 1.43 Å². The van der Waals surface area contributed by atoms with Crippen LogP contribution >= 0.6 is 0 Å². The Kier molecular flexibility index (Phi) is 4.16. The first-order chi connectivity index (χ1) is 2.00. The quantitative estimate of drug-likeness (QED) is 0.255. The van der Waals surface area contributed by atoms with Gasteiger partial charge in [-0.1, -0.05) is 3.89 Å². The number of halogens is 1. The van der Waals surface area contributed by atoms with Crippen molar-refractivity contribution < 1.29 is 32.6 Å². The summed E-state index contributed by atoms with van der Waals surface area (Å²) in [6.07, 6.45) is 0. The summed E-state index contributed by atoms with van der Waals surface area (Å²) in [5.41, 5.74) is 0. The zero-order valence-corrected chi connectivity index (χ0v) is 4.00. The molecule has 0 aromatic heterocycles. The Labute approximate surface area is 48.7 Å². The van der Waals surface area contributed by atoms with Gasteiger partial charge in [-0.25, -0.2) is 5.14 Å². The first-order valence-corrected chi connectivity index (χ1v) is 2.17. The van der Waals surface area contributed by atoms with Crippen LogP contribution in [-0.4, -0.2) is 8.42 Å². The van der Waals surface area contributed by atoms with Crippen LogP contribution in [0.5, 0.6) is 0 Å². The van der Waals surface area contributed by atoms with E-state index in [1.165, 1.54) is 0 Å². The van der Waals surface area contributed by atoms with Crippen LogP contribution in [0.25, 0.3) is 0 Å². The van der Waals surface area contributed by atoms with E-state index in [0.29, 0.717) is 0 Å². The maximum absolute atomic E-state index is 10.4. The molecule has 0 spiro atoms. The summed E-state index contributed by atoms with van der Waals surface area (Å²) in [6, 6.07) is 0. The molecule has 0 atom stereocenters. The van der Waals surface area contributed by atoms with Crippen molar-refractivity contribution >= 4 is 10.4 Å². The van der Waals surface area contributed by atoms with Gasteiger partial charge >= 0.3 is 29.3 Å². The summed E-state index contributed by atoms with van der Waals surface area (Å²) in [7, 11) is -4.67. The average Bonchev–Trinajstić information content (AvgIpc) is 0.722. The topological polar surface area (TPSA) is 60.2 Å². The van der Waals surface area contributed by atoms with Crippen LogP contribution in [0.4, 0.5) is 3.89 Å². The van der Waals surface area contributed by atoms with Gasteiger partial charge in [0.25, 0.3) is 0 Å². The molecule has 0 saturated carbocycles. The molecule has 0 aromatic rings. The fraction of sp³-hybridized carbons (Fsp3) is 0. The Bertz CT molecular complexity index is 101. The van der Waals surface area contributed by atoms with E-state index in [0.717, 1.165) is 0 Å². The minimum atomic E-state index is -4.67. The van der Waals surface area contributed by atoms with Crippen molar-refractivity contribution in [1.82, 2.24) is 0 Å². The predicted molar refractivity (Wildman–Crippen MR) is 15.3 cm³/mol. The second-order valence-electron chi connectivity index (χ2n) is 0.476. The van der Waals surface area contributed by atoms with E-state index in [9.17, 15) is 3.89 Å². The zero-order valence-electron chi connectivity index (χ0n) is 4.18. The Morgan fingerprint density at radius 2 is 1.67 bits per heavy atom.